The average Bonchev–Trinajstić information content (AvgIpc) is 3.16. The predicted molar refractivity (Wildman–Crippen MR) is 129 cm³/mol. The zero-order valence-corrected chi connectivity index (χ0v) is 20.7. The Kier molecular flexibility index (Phi) is 14.3. The number of methoxy groups -OCH3 is 1. The van der Waals surface area contributed by atoms with Crippen LogP contribution < -0.4 is 10.6 Å². The first-order valence-electron chi connectivity index (χ1n) is 10.9. The maximum atomic E-state index is 5.12. The minimum atomic E-state index is 0. The van der Waals surface area contributed by atoms with E-state index >= 15 is 0 Å². The molecule has 29 heavy (non-hydrogen) atoms. The van der Waals surface area contributed by atoms with Crippen LogP contribution in [0.25, 0.3) is 0 Å². The number of guanidine groups is 1. The fraction of sp³-hybridized carbons (Fsp3) is 0.850. The fourth-order valence-electron chi connectivity index (χ4n) is 3.59. The molecule has 0 bridgehead atoms. The Morgan fingerprint density at radius 1 is 1.24 bits per heavy atom. The third kappa shape index (κ3) is 10.1. The fourth-order valence-corrected chi connectivity index (χ4v) is 3.59. The van der Waals surface area contributed by atoms with Crippen LogP contribution in [0.2, 0.25) is 0 Å². The second-order valence-corrected chi connectivity index (χ2v) is 7.46. The van der Waals surface area contributed by atoms with Crippen molar-refractivity contribution in [3.05, 3.63) is 12.2 Å². The topological polar surface area (TPSA) is 79.6 Å². The molecule has 1 aliphatic heterocycles. The number of likely N-dealkylation sites (tertiary alicyclic amines) is 1. The van der Waals surface area contributed by atoms with Gasteiger partial charge in [-0.05, 0) is 39.2 Å². The van der Waals surface area contributed by atoms with Crippen LogP contribution in [0, 0.1) is 0 Å². The van der Waals surface area contributed by atoms with Crippen molar-refractivity contribution in [3.63, 3.8) is 0 Å². The number of aryl methyl sites for hydroxylation is 1. The van der Waals surface area contributed by atoms with Crippen molar-refractivity contribution >= 4 is 29.9 Å². The van der Waals surface area contributed by atoms with Crippen molar-refractivity contribution < 1.29 is 4.74 Å². The molecule has 0 aliphatic carbocycles. The second kappa shape index (κ2) is 15.8. The molecule has 2 heterocycles. The number of nitrogens with zero attached hydrogens (tertiary/aromatic N) is 5. The highest BCUT2D eigenvalue weighted by molar-refractivity contribution is 14.0. The molecule has 0 amide bonds. The molecule has 2 N–H and O–H groups in total. The molecule has 1 saturated heterocycles. The Bertz CT molecular complexity index is 567. The number of ether oxygens (including phenoxy) is 1. The Hall–Kier alpha value is -0.940. The molecule has 8 nitrogen and oxygen atoms in total. The normalized spacial score (nSPS) is 17.8. The molecule has 9 heteroatoms. The van der Waals surface area contributed by atoms with Crippen LogP contribution >= 0.6 is 24.0 Å². The zero-order valence-electron chi connectivity index (χ0n) is 18.4. The van der Waals surface area contributed by atoms with Crippen molar-refractivity contribution in [2.24, 2.45) is 4.99 Å². The van der Waals surface area contributed by atoms with Crippen molar-refractivity contribution in [1.29, 1.82) is 0 Å². The summed E-state index contributed by atoms with van der Waals surface area (Å²) in [5, 5.41) is 15.1. The monoisotopic (exact) mass is 521 g/mol. The summed E-state index contributed by atoms with van der Waals surface area (Å²) in [6.07, 6.45) is 8.81. The van der Waals surface area contributed by atoms with E-state index in [9.17, 15) is 0 Å². The first-order chi connectivity index (χ1) is 13.7. The van der Waals surface area contributed by atoms with Gasteiger partial charge in [-0.3, -0.25) is 4.99 Å². The van der Waals surface area contributed by atoms with Gasteiger partial charge in [0.05, 0.1) is 0 Å². The van der Waals surface area contributed by atoms with Gasteiger partial charge in [-0.1, -0.05) is 13.3 Å². The van der Waals surface area contributed by atoms with Crippen LogP contribution in [0.5, 0.6) is 0 Å². The van der Waals surface area contributed by atoms with Crippen molar-refractivity contribution in [2.75, 3.05) is 46.4 Å². The van der Waals surface area contributed by atoms with Gasteiger partial charge in [0.2, 0.25) is 0 Å². The highest BCUT2D eigenvalue weighted by Crippen LogP contribution is 2.15. The van der Waals surface area contributed by atoms with Crippen molar-refractivity contribution in [1.82, 2.24) is 30.3 Å². The summed E-state index contributed by atoms with van der Waals surface area (Å²) in [6, 6.07) is 0.727. The van der Waals surface area contributed by atoms with Gasteiger partial charge < -0.3 is 24.8 Å². The summed E-state index contributed by atoms with van der Waals surface area (Å²) in [7, 11) is 1.73. The van der Waals surface area contributed by atoms with Gasteiger partial charge in [-0.15, -0.1) is 34.2 Å². The lowest BCUT2D eigenvalue weighted by molar-refractivity contribution is 0.159. The highest BCUT2D eigenvalue weighted by Gasteiger charge is 2.17. The van der Waals surface area contributed by atoms with E-state index in [1.807, 2.05) is 0 Å². The van der Waals surface area contributed by atoms with Gasteiger partial charge in [-0.2, -0.15) is 0 Å². The maximum absolute atomic E-state index is 5.12. The van der Waals surface area contributed by atoms with Gasteiger partial charge in [0.25, 0.3) is 0 Å². The van der Waals surface area contributed by atoms with Crippen LogP contribution in [0.1, 0.15) is 51.8 Å². The standard InChI is InChI=1S/C20H39N7O.HI/c1-4-19-25-24-17-27(19)15-12-23-20(22-11-8-16-28-3)21-10-7-14-26-13-6-5-9-18(26)2;/h17-18H,4-16H2,1-3H3,(H2,21,22,23);1H. The zero-order chi connectivity index (χ0) is 20.0. The average molecular weight is 521 g/mol. The number of aliphatic imine (C=N–C) groups is 1. The molecule has 1 unspecified atom stereocenters. The molecule has 1 aromatic rings. The molecule has 2 rings (SSSR count). The summed E-state index contributed by atoms with van der Waals surface area (Å²) < 4.78 is 7.21. The first kappa shape index (κ1) is 26.1. The summed E-state index contributed by atoms with van der Waals surface area (Å²) in [4.78, 5) is 7.30. The van der Waals surface area contributed by atoms with E-state index in [0.717, 1.165) is 76.4 Å². The maximum Gasteiger partial charge on any atom is 0.191 e. The Morgan fingerprint density at radius 2 is 2.07 bits per heavy atom. The number of aromatic nitrogens is 3. The van der Waals surface area contributed by atoms with Gasteiger partial charge in [0.1, 0.15) is 12.2 Å². The van der Waals surface area contributed by atoms with E-state index < -0.39 is 0 Å². The molecule has 0 aromatic carbocycles. The van der Waals surface area contributed by atoms with E-state index in [1.165, 1.54) is 25.8 Å². The number of rotatable bonds is 12. The molecule has 1 aromatic heterocycles. The van der Waals surface area contributed by atoms with Crippen molar-refractivity contribution in [2.45, 2.75) is 65.0 Å². The summed E-state index contributed by atoms with van der Waals surface area (Å²) in [6.45, 7) is 10.9. The van der Waals surface area contributed by atoms with E-state index in [4.69, 9.17) is 4.74 Å². The third-order valence-electron chi connectivity index (χ3n) is 5.29. The van der Waals surface area contributed by atoms with Crippen molar-refractivity contribution in [3.8, 4) is 0 Å². The number of nitrogens with one attached hydrogen (secondary N) is 2. The van der Waals surface area contributed by atoms with E-state index in [0.29, 0.717) is 0 Å². The molecule has 0 saturated carbocycles. The lowest BCUT2D eigenvalue weighted by Gasteiger charge is -2.33. The molecular weight excluding hydrogens is 481 g/mol. The number of halogens is 1. The van der Waals surface area contributed by atoms with Gasteiger partial charge in [0.15, 0.2) is 5.96 Å². The Labute approximate surface area is 193 Å². The Morgan fingerprint density at radius 3 is 2.83 bits per heavy atom. The minimum absolute atomic E-state index is 0. The number of piperidine rings is 1. The lowest BCUT2D eigenvalue weighted by Crippen LogP contribution is -2.42. The predicted octanol–water partition coefficient (Wildman–Crippen LogP) is 2.29. The molecular formula is C20H40IN7O. The van der Waals surface area contributed by atoms with Crippen LogP contribution in [-0.4, -0.2) is 78.1 Å². The van der Waals surface area contributed by atoms with Gasteiger partial charge >= 0.3 is 0 Å². The van der Waals surface area contributed by atoms with Gasteiger partial charge in [0, 0.05) is 58.9 Å². The molecule has 0 spiro atoms. The van der Waals surface area contributed by atoms with Crippen LogP contribution in [0.15, 0.2) is 11.3 Å². The molecule has 168 valence electrons. The summed E-state index contributed by atoms with van der Waals surface area (Å²) in [5.41, 5.74) is 0. The third-order valence-corrected chi connectivity index (χ3v) is 5.29. The van der Waals surface area contributed by atoms with Gasteiger partial charge in [-0.25, -0.2) is 0 Å². The van der Waals surface area contributed by atoms with E-state index in [1.54, 1.807) is 13.4 Å². The number of hydrogen-bond acceptors (Lipinski definition) is 5. The number of hydrogen-bond donors (Lipinski definition) is 2. The van der Waals surface area contributed by atoms with E-state index in [2.05, 4.69) is 49.1 Å². The second-order valence-electron chi connectivity index (χ2n) is 7.46. The largest absolute Gasteiger partial charge is 0.385 e. The lowest BCUT2D eigenvalue weighted by atomic mass is 10.0. The first-order valence-corrected chi connectivity index (χ1v) is 10.9. The van der Waals surface area contributed by atoms with Crippen LogP contribution in [-0.2, 0) is 17.7 Å². The smallest absolute Gasteiger partial charge is 0.191 e. The SMILES string of the molecule is CCc1nncn1CCNC(=NCCCOC)NCCCN1CCCCC1C.I. The molecule has 1 aliphatic rings. The summed E-state index contributed by atoms with van der Waals surface area (Å²) in [5.74, 6) is 1.90. The minimum Gasteiger partial charge on any atom is -0.385 e. The molecule has 1 fully saturated rings. The Balaban J connectivity index is 0.00000420. The van der Waals surface area contributed by atoms with Crippen LogP contribution in [0.3, 0.4) is 0 Å². The summed E-state index contributed by atoms with van der Waals surface area (Å²) >= 11 is 0. The van der Waals surface area contributed by atoms with E-state index in [-0.39, 0.29) is 24.0 Å². The van der Waals surface area contributed by atoms with Crippen LogP contribution in [0.4, 0.5) is 0 Å². The quantitative estimate of drug-likeness (QED) is 0.190. The molecule has 1 atom stereocenters. The highest BCUT2D eigenvalue weighted by atomic mass is 127. The molecule has 0 radical (unpaired) electrons.